The molecule has 2 nitrogen and oxygen atoms in total. The summed E-state index contributed by atoms with van der Waals surface area (Å²) in [6.45, 7) is 2.16. The molecule has 0 saturated carbocycles. The summed E-state index contributed by atoms with van der Waals surface area (Å²) in [5, 5.41) is 9.17. The molecule has 2 aromatic carbocycles. The molecule has 0 bridgehead atoms. The highest BCUT2D eigenvalue weighted by atomic mass is 79.9. The Bertz CT molecular complexity index is 584. The Balaban J connectivity index is 2.12. The molecule has 0 atom stereocenters. The lowest BCUT2D eigenvalue weighted by Gasteiger charge is -2.10. The lowest BCUT2D eigenvalue weighted by atomic mass is 10.1. The van der Waals surface area contributed by atoms with E-state index in [1.165, 1.54) is 12.1 Å². The molecule has 2 rings (SSSR count). The van der Waals surface area contributed by atoms with Gasteiger partial charge in [0.1, 0.15) is 18.2 Å². The molecule has 0 aromatic heterocycles. The van der Waals surface area contributed by atoms with Crippen LogP contribution in [0.15, 0.2) is 40.9 Å². The first-order chi connectivity index (χ1) is 9.10. The van der Waals surface area contributed by atoms with Crippen molar-refractivity contribution in [3.63, 3.8) is 0 Å². The van der Waals surface area contributed by atoms with Crippen molar-refractivity contribution < 1.29 is 14.2 Å². The van der Waals surface area contributed by atoms with E-state index in [9.17, 15) is 9.50 Å². The van der Waals surface area contributed by atoms with Crippen LogP contribution in [0.2, 0.25) is 0 Å². The fourth-order valence-corrected chi connectivity index (χ4v) is 2.09. The van der Waals surface area contributed by atoms with Crippen LogP contribution >= 0.6 is 15.9 Å². The van der Waals surface area contributed by atoms with Gasteiger partial charge in [0.05, 0.1) is 6.61 Å². The van der Waals surface area contributed by atoms with Gasteiger partial charge in [-0.2, -0.15) is 0 Å². The van der Waals surface area contributed by atoms with Crippen LogP contribution in [0.4, 0.5) is 4.39 Å². The second kappa shape index (κ2) is 6.17. The Morgan fingerprint density at radius 3 is 2.68 bits per heavy atom. The van der Waals surface area contributed by atoms with Gasteiger partial charge in [0.2, 0.25) is 0 Å². The van der Waals surface area contributed by atoms with Gasteiger partial charge in [-0.05, 0) is 53.9 Å². The van der Waals surface area contributed by atoms with E-state index in [1.807, 2.05) is 13.0 Å². The first-order valence-corrected chi connectivity index (χ1v) is 6.66. The van der Waals surface area contributed by atoms with Crippen molar-refractivity contribution in [1.82, 2.24) is 0 Å². The van der Waals surface area contributed by atoms with E-state index in [0.717, 1.165) is 21.2 Å². The minimum Gasteiger partial charge on any atom is -0.489 e. The molecule has 100 valence electrons. The Labute approximate surface area is 120 Å². The fraction of sp³-hybridized carbons (Fsp3) is 0.200. The highest BCUT2D eigenvalue weighted by Gasteiger charge is 2.04. The van der Waals surface area contributed by atoms with E-state index < -0.39 is 0 Å². The topological polar surface area (TPSA) is 29.5 Å². The first-order valence-electron chi connectivity index (χ1n) is 5.87. The molecule has 0 radical (unpaired) electrons. The molecule has 0 aliphatic heterocycles. The van der Waals surface area contributed by atoms with Crippen LogP contribution in [-0.2, 0) is 13.2 Å². The maximum atomic E-state index is 13.1. The normalized spacial score (nSPS) is 10.5. The van der Waals surface area contributed by atoms with Crippen molar-refractivity contribution in [2.75, 3.05) is 0 Å². The Hall–Kier alpha value is -1.39. The van der Waals surface area contributed by atoms with E-state index >= 15 is 0 Å². The molecule has 0 saturated heterocycles. The predicted octanol–water partition coefficient (Wildman–Crippen LogP) is 3.97. The SMILES string of the molecule is Cc1ccc(F)cc1COc1ccc(Br)c(CO)c1. The van der Waals surface area contributed by atoms with Crippen LogP contribution in [0, 0.1) is 12.7 Å². The number of hydrogen-bond donors (Lipinski definition) is 1. The number of hydrogen-bond acceptors (Lipinski definition) is 2. The van der Waals surface area contributed by atoms with Crippen molar-refractivity contribution in [1.29, 1.82) is 0 Å². The highest BCUT2D eigenvalue weighted by Crippen LogP contribution is 2.23. The van der Waals surface area contributed by atoms with E-state index in [1.54, 1.807) is 18.2 Å². The van der Waals surface area contributed by atoms with Gasteiger partial charge in [-0.3, -0.25) is 0 Å². The van der Waals surface area contributed by atoms with Gasteiger partial charge in [-0.1, -0.05) is 22.0 Å². The molecular weight excluding hydrogens is 311 g/mol. The second-order valence-corrected chi connectivity index (χ2v) is 5.13. The predicted molar refractivity (Wildman–Crippen MR) is 75.5 cm³/mol. The average Bonchev–Trinajstić information content (AvgIpc) is 2.41. The highest BCUT2D eigenvalue weighted by molar-refractivity contribution is 9.10. The smallest absolute Gasteiger partial charge is 0.123 e. The minimum atomic E-state index is -0.268. The summed E-state index contributed by atoms with van der Waals surface area (Å²) in [6.07, 6.45) is 0. The van der Waals surface area contributed by atoms with Gasteiger partial charge >= 0.3 is 0 Å². The van der Waals surface area contributed by atoms with Crippen LogP contribution < -0.4 is 4.74 Å². The molecule has 2 aromatic rings. The van der Waals surface area contributed by atoms with Crippen LogP contribution in [0.5, 0.6) is 5.75 Å². The molecule has 0 unspecified atom stereocenters. The first kappa shape index (κ1) is 14.0. The van der Waals surface area contributed by atoms with E-state index in [0.29, 0.717) is 12.4 Å². The van der Waals surface area contributed by atoms with Crippen molar-refractivity contribution in [2.45, 2.75) is 20.1 Å². The summed E-state index contributed by atoms with van der Waals surface area (Å²) in [4.78, 5) is 0. The number of benzene rings is 2. The summed E-state index contributed by atoms with van der Waals surface area (Å²) in [7, 11) is 0. The average molecular weight is 325 g/mol. The molecular formula is C15H14BrFO2. The second-order valence-electron chi connectivity index (χ2n) is 4.27. The molecule has 0 fully saturated rings. The fourth-order valence-electron chi connectivity index (χ4n) is 1.72. The maximum absolute atomic E-state index is 13.1. The van der Waals surface area contributed by atoms with Crippen molar-refractivity contribution >= 4 is 15.9 Å². The number of aryl methyl sites for hydroxylation is 1. The molecule has 19 heavy (non-hydrogen) atoms. The molecule has 4 heteroatoms. The summed E-state index contributed by atoms with van der Waals surface area (Å²) in [5.41, 5.74) is 2.56. The van der Waals surface area contributed by atoms with Crippen molar-refractivity contribution in [3.05, 3.63) is 63.4 Å². The van der Waals surface area contributed by atoms with E-state index in [-0.39, 0.29) is 12.4 Å². The molecule has 0 aliphatic rings. The molecule has 0 amide bonds. The van der Waals surface area contributed by atoms with Crippen LogP contribution in [0.1, 0.15) is 16.7 Å². The maximum Gasteiger partial charge on any atom is 0.123 e. The largest absolute Gasteiger partial charge is 0.489 e. The molecule has 0 heterocycles. The molecule has 0 aliphatic carbocycles. The zero-order valence-corrected chi connectivity index (χ0v) is 12.1. The molecule has 0 spiro atoms. The quantitative estimate of drug-likeness (QED) is 0.922. The number of aliphatic hydroxyl groups is 1. The van der Waals surface area contributed by atoms with Crippen LogP contribution in [0.25, 0.3) is 0 Å². The van der Waals surface area contributed by atoms with Gasteiger partial charge in [0.25, 0.3) is 0 Å². The van der Waals surface area contributed by atoms with E-state index in [2.05, 4.69) is 15.9 Å². The van der Waals surface area contributed by atoms with Crippen LogP contribution in [0.3, 0.4) is 0 Å². The number of aliphatic hydroxyl groups excluding tert-OH is 1. The number of halogens is 2. The van der Waals surface area contributed by atoms with Crippen LogP contribution in [-0.4, -0.2) is 5.11 Å². The van der Waals surface area contributed by atoms with Gasteiger partial charge < -0.3 is 9.84 Å². The van der Waals surface area contributed by atoms with Crippen molar-refractivity contribution in [2.24, 2.45) is 0 Å². The summed E-state index contributed by atoms with van der Waals surface area (Å²) in [5.74, 6) is 0.381. The minimum absolute atomic E-state index is 0.0588. The lowest BCUT2D eigenvalue weighted by molar-refractivity contribution is 0.277. The standard InChI is InChI=1S/C15H14BrFO2/c1-10-2-3-13(17)6-12(10)9-19-14-4-5-15(16)11(7-14)8-18/h2-7,18H,8-9H2,1H3. The zero-order chi connectivity index (χ0) is 13.8. The monoisotopic (exact) mass is 324 g/mol. The van der Waals surface area contributed by atoms with Gasteiger partial charge in [-0.25, -0.2) is 4.39 Å². The zero-order valence-electron chi connectivity index (χ0n) is 10.5. The summed E-state index contributed by atoms with van der Waals surface area (Å²) < 4.78 is 19.6. The summed E-state index contributed by atoms with van der Waals surface area (Å²) >= 11 is 3.34. The molecule has 1 N–H and O–H groups in total. The third-order valence-electron chi connectivity index (χ3n) is 2.89. The third-order valence-corrected chi connectivity index (χ3v) is 3.67. The van der Waals surface area contributed by atoms with Gasteiger partial charge in [-0.15, -0.1) is 0 Å². The Kier molecular flexibility index (Phi) is 4.56. The Morgan fingerprint density at radius 2 is 1.95 bits per heavy atom. The van der Waals surface area contributed by atoms with E-state index in [4.69, 9.17) is 4.74 Å². The number of rotatable bonds is 4. The third kappa shape index (κ3) is 3.55. The summed E-state index contributed by atoms with van der Waals surface area (Å²) in [6, 6.07) is 10.0. The Morgan fingerprint density at radius 1 is 1.16 bits per heavy atom. The van der Waals surface area contributed by atoms with Crippen molar-refractivity contribution in [3.8, 4) is 5.75 Å². The van der Waals surface area contributed by atoms with Gasteiger partial charge in [0, 0.05) is 4.47 Å². The van der Waals surface area contributed by atoms with Gasteiger partial charge in [0.15, 0.2) is 0 Å². The number of ether oxygens (including phenoxy) is 1. The lowest BCUT2D eigenvalue weighted by Crippen LogP contribution is -1.99.